The Balaban J connectivity index is 1.18. The average Bonchev–Trinajstić information content (AvgIpc) is 2.83. The van der Waals surface area contributed by atoms with Crippen LogP contribution in [0.5, 0.6) is 0 Å². The molecule has 0 spiro atoms. The first kappa shape index (κ1) is 22.7. The number of amides is 1. The Morgan fingerprint density at radius 1 is 1.03 bits per heavy atom. The monoisotopic (exact) mass is 435 g/mol. The molecule has 6 heteroatoms. The van der Waals surface area contributed by atoms with Crippen molar-refractivity contribution < 1.29 is 4.79 Å². The third-order valence-corrected chi connectivity index (χ3v) is 6.96. The largest absolute Gasteiger partial charge is 0.356 e. The first-order chi connectivity index (χ1) is 15.6. The number of aryl methyl sites for hydroxylation is 1. The van der Waals surface area contributed by atoms with Gasteiger partial charge in [-0.1, -0.05) is 36.8 Å². The van der Waals surface area contributed by atoms with Gasteiger partial charge >= 0.3 is 0 Å². The van der Waals surface area contributed by atoms with Gasteiger partial charge in [0, 0.05) is 43.5 Å². The van der Waals surface area contributed by atoms with Gasteiger partial charge < -0.3 is 15.1 Å². The molecule has 0 bridgehead atoms. The molecule has 0 radical (unpaired) electrons. The Kier molecular flexibility index (Phi) is 7.74. The molecule has 1 aromatic carbocycles. The standard InChI is InChI=1S/C26H37N5O/c1-20-7-13-30(14-8-20)12-4-11-27-25(32)22-9-15-31(16-10-22)26-28-18-24(19-29-26)23-6-3-5-21(2)17-23/h3,5-6,17-20,22H,4,7-16H2,1-2H3,(H,27,32). The fraction of sp³-hybridized carbons (Fsp3) is 0.577. The van der Waals surface area contributed by atoms with Crippen LogP contribution < -0.4 is 10.2 Å². The lowest BCUT2D eigenvalue weighted by Crippen LogP contribution is -2.42. The van der Waals surface area contributed by atoms with Gasteiger partial charge in [0.25, 0.3) is 0 Å². The van der Waals surface area contributed by atoms with Gasteiger partial charge in [-0.15, -0.1) is 0 Å². The molecule has 1 N–H and O–H groups in total. The number of carbonyl (C=O) groups is 1. The summed E-state index contributed by atoms with van der Waals surface area (Å²) in [6, 6.07) is 8.38. The smallest absolute Gasteiger partial charge is 0.225 e. The van der Waals surface area contributed by atoms with Gasteiger partial charge in [0.1, 0.15) is 0 Å². The number of carbonyl (C=O) groups excluding carboxylic acids is 1. The van der Waals surface area contributed by atoms with E-state index in [0.29, 0.717) is 0 Å². The third kappa shape index (κ3) is 6.06. The van der Waals surface area contributed by atoms with Crippen LogP contribution >= 0.6 is 0 Å². The van der Waals surface area contributed by atoms with E-state index >= 15 is 0 Å². The Bertz CT molecular complexity index is 868. The number of hydrogen-bond donors (Lipinski definition) is 1. The van der Waals surface area contributed by atoms with Gasteiger partial charge in [-0.2, -0.15) is 0 Å². The summed E-state index contributed by atoms with van der Waals surface area (Å²) in [5.74, 6) is 1.95. The van der Waals surface area contributed by atoms with Crippen molar-refractivity contribution in [2.45, 2.75) is 46.0 Å². The van der Waals surface area contributed by atoms with Crippen molar-refractivity contribution in [2.24, 2.45) is 11.8 Å². The van der Waals surface area contributed by atoms with Crippen LogP contribution in [0.15, 0.2) is 36.7 Å². The summed E-state index contributed by atoms with van der Waals surface area (Å²) in [6.45, 7) is 10.4. The van der Waals surface area contributed by atoms with Crippen molar-refractivity contribution in [2.75, 3.05) is 44.2 Å². The Hall–Kier alpha value is -2.47. The number of piperidine rings is 2. The third-order valence-electron chi connectivity index (χ3n) is 6.96. The van der Waals surface area contributed by atoms with Crippen molar-refractivity contribution in [1.29, 1.82) is 0 Å². The molecule has 0 unspecified atom stereocenters. The molecule has 2 saturated heterocycles. The van der Waals surface area contributed by atoms with E-state index in [0.717, 1.165) is 68.4 Å². The molecule has 2 aliphatic rings. The number of hydrogen-bond acceptors (Lipinski definition) is 5. The van der Waals surface area contributed by atoms with Gasteiger partial charge in [-0.25, -0.2) is 9.97 Å². The number of rotatable bonds is 7. The average molecular weight is 436 g/mol. The molecular formula is C26H37N5O. The van der Waals surface area contributed by atoms with Crippen LogP contribution in [0.25, 0.3) is 11.1 Å². The quantitative estimate of drug-likeness (QED) is 0.668. The summed E-state index contributed by atoms with van der Waals surface area (Å²) in [5, 5.41) is 3.17. The first-order valence-corrected chi connectivity index (χ1v) is 12.2. The summed E-state index contributed by atoms with van der Waals surface area (Å²) in [6.07, 6.45) is 9.18. The van der Waals surface area contributed by atoms with Crippen LogP contribution in [0.2, 0.25) is 0 Å². The number of nitrogens with zero attached hydrogens (tertiary/aromatic N) is 4. The summed E-state index contributed by atoms with van der Waals surface area (Å²) < 4.78 is 0. The molecule has 0 atom stereocenters. The zero-order chi connectivity index (χ0) is 22.3. The van der Waals surface area contributed by atoms with Gasteiger partial charge in [-0.3, -0.25) is 4.79 Å². The molecular weight excluding hydrogens is 398 g/mol. The van der Waals surface area contributed by atoms with Gasteiger partial charge in [-0.05, 0) is 70.1 Å². The van der Waals surface area contributed by atoms with E-state index in [4.69, 9.17) is 0 Å². The van der Waals surface area contributed by atoms with Crippen LogP contribution in [0, 0.1) is 18.8 Å². The number of aromatic nitrogens is 2. The highest BCUT2D eigenvalue weighted by atomic mass is 16.1. The van der Waals surface area contributed by atoms with Crippen molar-refractivity contribution in [3.8, 4) is 11.1 Å². The summed E-state index contributed by atoms with van der Waals surface area (Å²) in [7, 11) is 0. The highest BCUT2D eigenvalue weighted by molar-refractivity contribution is 5.78. The maximum atomic E-state index is 12.6. The predicted octanol–water partition coefficient (Wildman–Crippen LogP) is 3.91. The Morgan fingerprint density at radius 2 is 1.75 bits per heavy atom. The number of likely N-dealkylation sites (tertiary alicyclic amines) is 1. The molecule has 32 heavy (non-hydrogen) atoms. The zero-order valence-electron chi connectivity index (χ0n) is 19.6. The predicted molar refractivity (Wildman–Crippen MR) is 130 cm³/mol. The lowest BCUT2D eigenvalue weighted by molar-refractivity contribution is -0.125. The summed E-state index contributed by atoms with van der Waals surface area (Å²) in [4.78, 5) is 26.5. The van der Waals surface area contributed by atoms with Crippen molar-refractivity contribution in [3.63, 3.8) is 0 Å². The molecule has 172 valence electrons. The van der Waals surface area contributed by atoms with Crippen LogP contribution in [0.1, 0.15) is 44.6 Å². The molecule has 4 rings (SSSR count). The van der Waals surface area contributed by atoms with E-state index < -0.39 is 0 Å². The van der Waals surface area contributed by atoms with E-state index in [9.17, 15) is 4.79 Å². The molecule has 2 fully saturated rings. The molecule has 1 amide bonds. The maximum absolute atomic E-state index is 12.6. The van der Waals surface area contributed by atoms with E-state index in [-0.39, 0.29) is 11.8 Å². The second kappa shape index (κ2) is 10.9. The second-order valence-electron chi connectivity index (χ2n) is 9.57. The van der Waals surface area contributed by atoms with Crippen molar-refractivity contribution in [3.05, 3.63) is 42.2 Å². The summed E-state index contributed by atoms with van der Waals surface area (Å²) >= 11 is 0. The molecule has 1 aromatic heterocycles. The van der Waals surface area contributed by atoms with E-state index in [1.54, 1.807) is 0 Å². The zero-order valence-corrected chi connectivity index (χ0v) is 19.6. The van der Waals surface area contributed by atoms with Crippen LogP contribution in [-0.4, -0.2) is 60.0 Å². The van der Waals surface area contributed by atoms with Gasteiger partial charge in [0.05, 0.1) is 0 Å². The highest BCUT2D eigenvalue weighted by Crippen LogP contribution is 2.23. The van der Waals surface area contributed by atoms with Gasteiger partial charge in [0.2, 0.25) is 11.9 Å². The number of benzene rings is 1. The second-order valence-corrected chi connectivity index (χ2v) is 9.57. The van der Waals surface area contributed by atoms with E-state index in [1.807, 2.05) is 12.4 Å². The van der Waals surface area contributed by atoms with Crippen molar-refractivity contribution >= 4 is 11.9 Å². The number of anilines is 1. The minimum Gasteiger partial charge on any atom is -0.356 e. The highest BCUT2D eigenvalue weighted by Gasteiger charge is 2.26. The molecule has 0 saturated carbocycles. The molecule has 0 aliphatic carbocycles. The lowest BCUT2D eigenvalue weighted by Gasteiger charge is -2.31. The number of nitrogens with one attached hydrogen (secondary N) is 1. The van der Waals surface area contributed by atoms with Crippen molar-refractivity contribution in [1.82, 2.24) is 20.2 Å². The first-order valence-electron chi connectivity index (χ1n) is 12.2. The van der Waals surface area contributed by atoms with Crippen LogP contribution in [0.3, 0.4) is 0 Å². The summed E-state index contributed by atoms with van der Waals surface area (Å²) in [5.41, 5.74) is 3.40. The maximum Gasteiger partial charge on any atom is 0.225 e. The SMILES string of the molecule is Cc1cccc(-c2cnc(N3CCC(C(=O)NCCCN4CCC(C)CC4)CC3)nc2)c1. The Labute approximate surface area is 192 Å². The normalized spacial score (nSPS) is 18.6. The molecule has 2 aliphatic heterocycles. The minimum atomic E-state index is 0.105. The fourth-order valence-corrected chi connectivity index (χ4v) is 4.74. The van der Waals surface area contributed by atoms with Gasteiger partial charge in [0.15, 0.2) is 0 Å². The Morgan fingerprint density at radius 3 is 2.44 bits per heavy atom. The molecule has 3 heterocycles. The molecule has 6 nitrogen and oxygen atoms in total. The molecule has 2 aromatic rings. The van der Waals surface area contributed by atoms with Crippen LogP contribution in [-0.2, 0) is 4.79 Å². The lowest BCUT2D eigenvalue weighted by atomic mass is 9.96. The van der Waals surface area contributed by atoms with E-state index in [2.05, 4.69) is 63.2 Å². The minimum absolute atomic E-state index is 0.105. The van der Waals surface area contributed by atoms with Crippen LogP contribution in [0.4, 0.5) is 5.95 Å². The fourth-order valence-electron chi connectivity index (χ4n) is 4.74. The van der Waals surface area contributed by atoms with E-state index in [1.165, 1.54) is 31.5 Å². The topological polar surface area (TPSA) is 61.4 Å².